The number of hydrogen-bond donors (Lipinski definition) is 1. The molecule has 0 bridgehead atoms. The second-order valence-electron chi connectivity index (χ2n) is 4.52. The first kappa shape index (κ1) is 16.7. The van der Waals surface area contributed by atoms with Crippen molar-refractivity contribution in [3.63, 3.8) is 0 Å². The van der Waals surface area contributed by atoms with Gasteiger partial charge in [-0.2, -0.15) is 11.8 Å². The number of halogens is 1. The van der Waals surface area contributed by atoms with E-state index in [4.69, 9.17) is 22.1 Å². The van der Waals surface area contributed by atoms with Gasteiger partial charge in [-0.3, -0.25) is 0 Å². The first-order valence-electron chi connectivity index (χ1n) is 6.91. The Morgan fingerprint density at radius 1 is 1.37 bits per heavy atom. The monoisotopic (exact) mass is 301 g/mol. The van der Waals surface area contributed by atoms with Crippen LogP contribution < -0.4 is 10.5 Å². The molecular weight excluding hydrogens is 278 g/mol. The third-order valence-electron chi connectivity index (χ3n) is 2.92. The van der Waals surface area contributed by atoms with Crippen LogP contribution in [0.5, 0.6) is 5.75 Å². The number of rotatable bonds is 9. The molecule has 0 aliphatic rings. The van der Waals surface area contributed by atoms with Crippen molar-refractivity contribution in [2.45, 2.75) is 39.2 Å². The Balaban J connectivity index is 2.55. The fourth-order valence-corrected chi connectivity index (χ4v) is 2.57. The highest BCUT2D eigenvalue weighted by molar-refractivity contribution is 7.99. The lowest BCUT2D eigenvalue weighted by molar-refractivity contribution is 0.314. The molecule has 4 heteroatoms. The number of hydrogen-bond acceptors (Lipinski definition) is 3. The van der Waals surface area contributed by atoms with Crippen LogP contribution in [0.4, 0.5) is 0 Å². The van der Waals surface area contributed by atoms with Crippen LogP contribution in [0.25, 0.3) is 0 Å². The third-order valence-corrected chi connectivity index (χ3v) is 4.14. The third kappa shape index (κ3) is 6.55. The van der Waals surface area contributed by atoms with Gasteiger partial charge in [-0.1, -0.05) is 25.4 Å². The van der Waals surface area contributed by atoms with Crippen LogP contribution >= 0.6 is 23.4 Å². The van der Waals surface area contributed by atoms with Gasteiger partial charge in [-0.25, -0.2) is 0 Å². The van der Waals surface area contributed by atoms with Gasteiger partial charge in [0.2, 0.25) is 0 Å². The largest absolute Gasteiger partial charge is 0.493 e. The Morgan fingerprint density at radius 2 is 2.16 bits per heavy atom. The zero-order chi connectivity index (χ0) is 14.1. The van der Waals surface area contributed by atoms with Crippen LogP contribution in [0.1, 0.15) is 32.3 Å². The summed E-state index contributed by atoms with van der Waals surface area (Å²) in [4.78, 5) is 0. The predicted molar refractivity (Wildman–Crippen MR) is 86.5 cm³/mol. The lowest BCUT2D eigenvalue weighted by Crippen LogP contribution is -2.21. The van der Waals surface area contributed by atoms with Crippen LogP contribution in [0.3, 0.4) is 0 Å². The average molecular weight is 302 g/mol. The van der Waals surface area contributed by atoms with Crippen LogP contribution in [0.2, 0.25) is 5.02 Å². The SMILES string of the molecule is CCSCCCOc1ccc(Cl)cc1CC(N)CC. The highest BCUT2D eigenvalue weighted by atomic mass is 35.5. The van der Waals surface area contributed by atoms with Crippen molar-refractivity contribution < 1.29 is 4.74 Å². The van der Waals surface area contributed by atoms with Gasteiger partial charge in [0.25, 0.3) is 0 Å². The molecule has 1 rings (SSSR count). The van der Waals surface area contributed by atoms with E-state index >= 15 is 0 Å². The predicted octanol–water partition coefficient (Wildman–Crippen LogP) is 4.14. The Bertz CT molecular complexity index is 373. The first-order valence-corrected chi connectivity index (χ1v) is 8.45. The Kier molecular flexibility index (Phi) is 8.35. The molecule has 2 N–H and O–H groups in total. The average Bonchev–Trinajstić information content (AvgIpc) is 2.40. The van der Waals surface area contributed by atoms with Gasteiger partial charge in [0.15, 0.2) is 0 Å². The fraction of sp³-hybridized carbons (Fsp3) is 0.600. The Morgan fingerprint density at radius 3 is 2.84 bits per heavy atom. The molecule has 1 unspecified atom stereocenters. The molecule has 0 amide bonds. The van der Waals surface area contributed by atoms with Crippen molar-refractivity contribution in [1.82, 2.24) is 0 Å². The van der Waals surface area contributed by atoms with E-state index < -0.39 is 0 Å². The first-order chi connectivity index (χ1) is 9.17. The summed E-state index contributed by atoms with van der Waals surface area (Å²) in [6.07, 6.45) is 2.84. The molecule has 0 aliphatic heterocycles. The summed E-state index contributed by atoms with van der Waals surface area (Å²) in [5, 5.41) is 0.743. The summed E-state index contributed by atoms with van der Waals surface area (Å²) in [6.45, 7) is 5.02. The van der Waals surface area contributed by atoms with Crippen LogP contribution in [0, 0.1) is 0 Å². The molecule has 0 heterocycles. The van der Waals surface area contributed by atoms with Gasteiger partial charge in [0.1, 0.15) is 5.75 Å². The lowest BCUT2D eigenvalue weighted by Gasteiger charge is -2.14. The summed E-state index contributed by atoms with van der Waals surface area (Å²) in [5.74, 6) is 3.24. The zero-order valence-electron chi connectivity index (χ0n) is 11.8. The molecule has 0 radical (unpaired) electrons. The molecule has 0 spiro atoms. The summed E-state index contributed by atoms with van der Waals surface area (Å²) in [6, 6.07) is 5.95. The Hall–Kier alpha value is -0.380. The van der Waals surface area contributed by atoms with E-state index in [-0.39, 0.29) is 6.04 Å². The van der Waals surface area contributed by atoms with Gasteiger partial charge in [-0.05, 0) is 54.5 Å². The number of nitrogens with two attached hydrogens (primary N) is 1. The van der Waals surface area contributed by atoms with Gasteiger partial charge < -0.3 is 10.5 Å². The van der Waals surface area contributed by atoms with E-state index in [1.807, 2.05) is 30.0 Å². The van der Waals surface area contributed by atoms with E-state index in [9.17, 15) is 0 Å². The van der Waals surface area contributed by atoms with Crippen molar-refractivity contribution in [3.05, 3.63) is 28.8 Å². The molecule has 0 saturated carbocycles. The van der Waals surface area contributed by atoms with E-state index in [1.54, 1.807) is 0 Å². The maximum atomic E-state index is 6.05. The minimum absolute atomic E-state index is 0.163. The van der Waals surface area contributed by atoms with Gasteiger partial charge in [0, 0.05) is 11.1 Å². The second-order valence-corrected chi connectivity index (χ2v) is 6.35. The normalized spacial score (nSPS) is 12.4. The molecule has 108 valence electrons. The minimum Gasteiger partial charge on any atom is -0.493 e. The summed E-state index contributed by atoms with van der Waals surface area (Å²) < 4.78 is 5.86. The molecular formula is C15H24ClNOS. The minimum atomic E-state index is 0.163. The van der Waals surface area contributed by atoms with E-state index in [2.05, 4.69) is 13.8 Å². The standard InChI is InChI=1S/C15H24ClNOS/c1-3-14(17)11-12-10-13(16)6-7-15(12)18-8-5-9-19-4-2/h6-7,10,14H,3-5,8-9,11,17H2,1-2H3. The quantitative estimate of drug-likeness (QED) is 0.696. The van der Waals surface area contributed by atoms with Crippen molar-refractivity contribution >= 4 is 23.4 Å². The highest BCUT2D eigenvalue weighted by Gasteiger charge is 2.09. The summed E-state index contributed by atoms with van der Waals surface area (Å²) in [5.41, 5.74) is 7.13. The molecule has 0 fully saturated rings. The maximum Gasteiger partial charge on any atom is 0.122 e. The van der Waals surface area contributed by atoms with Gasteiger partial charge in [-0.15, -0.1) is 0 Å². The van der Waals surface area contributed by atoms with Gasteiger partial charge in [0.05, 0.1) is 6.61 Å². The smallest absolute Gasteiger partial charge is 0.122 e. The molecule has 1 aromatic rings. The highest BCUT2D eigenvalue weighted by Crippen LogP contribution is 2.24. The van der Waals surface area contributed by atoms with Crippen molar-refractivity contribution in [3.8, 4) is 5.75 Å². The molecule has 1 atom stereocenters. The lowest BCUT2D eigenvalue weighted by atomic mass is 10.0. The Labute approximate surface area is 126 Å². The number of ether oxygens (including phenoxy) is 1. The molecule has 1 aromatic carbocycles. The number of thioether (sulfide) groups is 1. The van der Waals surface area contributed by atoms with Crippen molar-refractivity contribution in [2.24, 2.45) is 5.73 Å². The molecule has 2 nitrogen and oxygen atoms in total. The van der Waals surface area contributed by atoms with Gasteiger partial charge >= 0.3 is 0 Å². The van der Waals surface area contributed by atoms with Crippen LogP contribution in [0.15, 0.2) is 18.2 Å². The van der Waals surface area contributed by atoms with Crippen LogP contribution in [-0.4, -0.2) is 24.2 Å². The van der Waals surface area contributed by atoms with Crippen molar-refractivity contribution in [2.75, 3.05) is 18.1 Å². The van der Waals surface area contributed by atoms with Crippen molar-refractivity contribution in [1.29, 1.82) is 0 Å². The fourth-order valence-electron chi connectivity index (χ4n) is 1.76. The topological polar surface area (TPSA) is 35.2 Å². The van der Waals surface area contributed by atoms with Crippen LogP contribution in [-0.2, 0) is 6.42 Å². The molecule has 19 heavy (non-hydrogen) atoms. The van der Waals surface area contributed by atoms with E-state index in [1.165, 1.54) is 0 Å². The van der Waals surface area contributed by atoms with E-state index in [0.717, 1.165) is 53.7 Å². The second kappa shape index (κ2) is 9.51. The molecule has 0 saturated heterocycles. The molecule has 0 aromatic heterocycles. The summed E-state index contributed by atoms with van der Waals surface area (Å²) >= 11 is 7.99. The zero-order valence-corrected chi connectivity index (χ0v) is 13.4. The maximum absolute atomic E-state index is 6.05. The number of benzene rings is 1. The molecule has 0 aliphatic carbocycles. The summed E-state index contributed by atoms with van der Waals surface area (Å²) in [7, 11) is 0. The van der Waals surface area contributed by atoms with E-state index in [0.29, 0.717) is 0 Å².